The lowest BCUT2D eigenvalue weighted by molar-refractivity contribution is -0.140. The van der Waals surface area contributed by atoms with Crippen molar-refractivity contribution < 1.29 is 27.0 Å². The van der Waals surface area contributed by atoms with Crippen molar-refractivity contribution in [3.63, 3.8) is 0 Å². The molecule has 1 unspecified atom stereocenters. The van der Waals surface area contributed by atoms with Crippen molar-refractivity contribution in [3.8, 4) is 5.75 Å². The van der Waals surface area contributed by atoms with Gasteiger partial charge in [0.2, 0.25) is 5.88 Å². The van der Waals surface area contributed by atoms with Gasteiger partial charge in [-0.3, -0.25) is 0 Å². The highest BCUT2D eigenvalue weighted by atomic mass is 19.4. The van der Waals surface area contributed by atoms with Crippen LogP contribution in [0.3, 0.4) is 0 Å². The van der Waals surface area contributed by atoms with Crippen LogP contribution in [0.2, 0.25) is 0 Å². The fraction of sp³-hybridized carbons (Fsp3) is 0.316. The largest absolute Gasteiger partial charge is 0.491 e. The van der Waals surface area contributed by atoms with E-state index in [-0.39, 0.29) is 17.9 Å². The molecule has 0 N–H and O–H groups in total. The Bertz CT molecular complexity index is 978. The molecule has 28 heavy (non-hydrogen) atoms. The van der Waals surface area contributed by atoms with Crippen LogP contribution in [0.1, 0.15) is 22.9 Å². The number of fused-ring (bicyclic) bond motifs is 1. The van der Waals surface area contributed by atoms with Crippen molar-refractivity contribution in [1.82, 2.24) is 14.5 Å². The lowest BCUT2D eigenvalue weighted by Crippen LogP contribution is -2.33. The molecule has 1 aromatic heterocycles. The van der Waals surface area contributed by atoms with E-state index in [4.69, 9.17) is 9.47 Å². The van der Waals surface area contributed by atoms with Crippen molar-refractivity contribution in [2.24, 2.45) is 0 Å². The number of rotatable bonds is 3. The fourth-order valence-electron chi connectivity index (χ4n) is 3.55. The molecule has 5 nitrogen and oxygen atoms in total. The fourth-order valence-corrected chi connectivity index (χ4v) is 3.55. The third-order valence-electron chi connectivity index (χ3n) is 4.79. The van der Waals surface area contributed by atoms with Crippen LogP contribution in [0.5, 0.6) is 5.75 Å². The first-order valence-corrected chi connectivity index (χ1v) is 8.56. The highest BCUT2D eigenvalue weighted by Gasteiger charge is 2.41. The molecule has 9 heteroatoms. The number of benzene rings is 1. The Morgan fingerprint density at radius 2 is 2.07 bits per heavy atom. The predicted octanol–water partition coefficient (Wildman–Crippen LogP) is 4.13. The van der Waals surface area contributed by atoms with Crippen molar-refractivity contribution in [2.75, 3.05) is 20.3 Å². The number of ether oxygens (including phenoxy) is 2. The van der Waals surface area contributed by atoms with E-state index in [1.807, 2.05) is 19.1 Å². The zero-order chi connectivity index (χ0) is 20.1. The molecule has 0 aliphatic carbocycles. The monoisotopic (exact) mass is 395 g/mol. The van der Waals surface area contributed by atoms with Gasteiger partial charge in [0.25, 0.3) is 0 Å². The number of allylic oxidation sites excluding steroid dienone is 2. The predicted molar refractivity (Wildman–Crippen MR) is 92.7 cm³/mol. The summed E-state index contributed by atoms with van der Waals surface area (Å²) < 4.78 is 67.1. The zero-order valence-corrected chi connectivity index (χ0v) is 15.1. The summed E-state index contributed by atoms with van der Waals surface area (Å²) in [5, 5.41) is 0. The number of imidazole rings is 1. The molecular formula is C19H17F4N3O2. The molecule has 0 saturated carbocycles. The molecule has 1 atom stereocenters. The Morgan fingerprint density at radius 3 is 2.71 bits per heavy atom. The van der Waals surface area contributed by atoms with Gasteiger partial charge in [-0.1, -0.05) is 6.08 Å². The standard InChI is InChI=1S/C19H17F4N3O2/c1-11-8-25(10-24-11)13-4-3-7-26(18(13)27-2)14-9-28-15-6-5-12(19(21,22)23)17(20)16(14)15/h3-6,8,10,14H,7,9H2,1-2H3. The maximum atomic E-state index is 14.8. The van der Waals surface area contributed by atoms with Gasteiger partial charge in [0.15, 0.2) is 0 Å². The quantitative estimate of drug-likeness (QED) is 0.733. The van der Waals surface area contributed by atoms with Gasteiger partial charge >= 0.3 is 6.18 Å². The second kappa shape index (κ2) is 6.57. The Balaban J connectivity index is 1.79. The molecule has 0 fully saturated rings. The third kappa shape index (κ3) is 2.90. The van der Waals surface area contributed by atoms with Crippen LogP contribution in [-0.2, 0) is 10.9 Å². The van der Waals surface area contributed by atoms with Gasteiger partial charge in [-0.15, -0.1) is 0 Å². The van der Waals surface area contributed by atoms with Crippen LogP contribution in [-0.4, -0.2) is 34.7 Å². The Hall–Kier alpha value is -2.97. The minimum absolute atomic E-state index is 0.0184. The van der Waals surface area contributed by atoms with Gasteiger partial charge in [-0.05, 0) is 25.1 Å². The average Bonchev–Trinajstić information content (AvgIpc) is 3.27. The molecule has 2 aromatic rings. The number of aryl methyl sites for hydroxylation is 1. The van der Waals surface area contributed by atoms with Crippen LogP contribution in [0.25, 0.3) is 5.70 Å². The number of alkyl halides is 3. The molecule has 1 aromatic carbocycles. The first kappa shape index (κ1) is 18.4. The highest BCUT2D eigenvalue weighted by Crippen LogP contribution is 2.44. The third-order valence-corrected chi connectivity index (χ3v) is 4.79. The number of halogens is 4. The summed E-state index contributed by atoms with van der Waals surface area (Å²) >= 11 is 0. The molecule has 2 aliphatic heterocycles. The van der Waals surface area contributed by atoms with Crippen molar-refractivity contribution in [2.45, 2.75) is 19.1 Å². The summed E-state index contributed by atoms with van der Waals surface area (Å²) in [7, 11) is 1.46. The summed E-state index contributed by atoms with van der Waals surface area (Å²) in [6.07, 6.45) is 2.28. The molecule has 4 rings (SSSR count). The average molecular weight is 395 g/mol. The van der Waals surface area contributed by atoms with Crippen LogP contribution < -0.4 is 4.74 Å². The first-order valence-electron chi connectivity index (χ1n) is 8.56. The van der Waals surface area contributed by atoms with Crippen LogP contribution in [0.15, 0.2) is 42.7 Å². The van der Waals surface area contributed by atoms with Gasteiger partial charge < -0.3 is 18.9 Å². The van der Waals surface area contributed by atoms with E-state index in [1.165, 1.54) is 7.11 Å². The smallest absolute Gasteiger partial charge is 0.419 e. The van der Waals surface area contributed by atoms with E-state index in [0.717, 1.165) is 11.8 Å². The van der Waals surface area contributed by atoms with Gasteiger partial charge in [0.05, 0.1) is 36.3 Å². The molecule has 0 amide bonds. The second-order valence-corrected chi connectivity index (χ2v) is 6.54. The zero-order valence-electron chi connectivity index (χ0n) is 15.1. The SMILES string of the molecule is COC1=C(n2cnc(C)c2)C=CCN1C1COc2ccc(C(F)(F)F)c(F)c21. The van der Waals surface area contributed by atoms with E-state index in [0.29, 0.717) is 24.2 Å². The Labute approximate surface area is 158 Å². The molecule has 0 spiro atoms. The normalized spacial score (nSPS) is 19.1. The second-order valence-electron chi connectivity index (χ2n) is 6.54. The molecule has 0 radical (unpaired) electrons. The molecule has 3 heterocycles. The summed E-state index contributed by atoms with van der Waals surface area (Å²) in [6, 6.07) is 1.12. The van der Waals surface area contributed by atoms with E-state index in [2.05, 4.69) is 4.98 Å². The molecule has 0 bridgehead atoms. The van der Waals surface area contributed by atoms with Crippen molar-refractivity contribution in [3.05, 3.63) is 65.3 Å². The summed E-state index contributed by atoms with van der Waals surface area (Å²) in [6.45, 7) is 2.19. The number of methoxy groups -OCH3 is 1. The number of aromatic nitrogens is 2. The van der Waals surface area contributed by atoms with Crippen LogP contribution in [0.4, 0.5) is 17.6 Å². The Kier molecular flexibility index (Phi) is 4.32. The lowest BCUT2D eigenvalue weighted by Gasteiger charge is -2.34. The molecule has 2 aliphatic rings. The van der Waals surface area contributed by atoms with E-state index in [9.17, 15) is 17.6 Å². The molecular weight excluding hydrogens is 378 g/mol. The first-order chi connectivity index (χ1) is 13.3. The highest BCUT2D eigenvalue weighted by molar-refractivity contribution is 5.61. The van der Waals surface area contributed by atoms with E-state index in [1.54, 1.807) is 22.0 Å². The van der Waals surface area contributed by atoms with Crippen molar-refractivity contribution >= 4 is 5.70 Å². The van der Waals surface area contributed by atoms with Crippen LogP contribution >= 0.6 is 0 Å². The molecule has 148 valence electrons. The van der Waals surface area contributed by atoms with Crippen LogP contribution in [0, 0.1) is 12.7 Å². The number of hydrogen-bond donors (Lipinski definition) is 0. The maximum Gasteiger partial charge on any atom is 0.419 e. The van der Waals surface area contributed by atoms with Crippen molar-refractivity contribution in [1.29, 1.82) is 0 Å². The number of hydrogen-bond acceptors (Lipinski definition) is 4. The minimum Gasteiger partial charge on any atom is -0.491 e. The summed E-state index contributed by atoms with van der Waals surface area (Å²) in [4.78, 5) is 5.88. The number of nitrogens with zero attached hydrogens (tertiary/aromatic N) is 3. The van der Waals surface area contributed by atoms with E-state index < -0.39 is 23.6 Å². The van der Waals surface area contributed by atoms with Gasteiger partial charge in [0.1, 0.15) is 23.9 Å². The van der Waals surface area contributed by atoms with Gasteiger partial charge in [-0.2, -0.15) is 13.2 Å². The van der Waals surface area contributed by atoms with Gasteiger partial charge in [-0.25, -0.2) is 9.37 Å². The topological polar surface area (TPSA) is 39.5 Å². The van der Waals surface area contributed by atoms with E-state index >= 15 is 0 Å². The summed E-state index contributed by atoms with van der Waals surface area (Å²) in [5.74, 6) is -0.795. The maximum absolute atomic E-state index is 14.8. The van der Waals surface area contributed by atoms with Gasteiger partial charge in [0, 0.05) is 12.7 Å². The summed E-state index contributed by atoms with van der Waals surface area (Å²) in [5.41, 5.74) is 0.0302. The molecule has 0 saturated heterocycles. The minimum atomic E-state index is -4.78. The Morgan fingerprint density at radius 1 is 1.29 bits per heavy atom. The lowest BCUT2D eigenvalue weighted by atomic mass is 10.0.